The van der Waals surface area contributed by atoms with Gasteiger partial charge in [-0.1, -0.05) is 18.0 Å². The summed E-state index contributed by atoms with van der Waals surface area (Å²) < 4.78 is 5.31. The van der Waals surface area contributed by atoms with Crippen LogP contribution in [0.25, 0.3) is 0 Å². The summed E-state index contributed by atoms with van der Waals surface area (Å²) in [5, 5.41) is 0.374. The van der Waals surface area contributed by atoms with Gasteiger partial charge in [-0.15, -0.1) is 0 Å². The molecule has 0 saturated carbocycles. The highest BCUT2D eigenvalue weighted by Gasteiger charge is 2.19. The molecule has 2 N–H and O–H groups in total. The molecule has 1 aliphatic rings. The molecule has 4 nitrogen and oxygen atoms in total. The average Bonchev–Trinajstić information content (AvgIpc) is 2.43. The third-order valence-corrected chi connectivity index (χ3v) is 4.15. The van der Waals surface area contributed by atoms with Crippen LogP contribution in [-0.2, 0) is 4.74 Å². The zero-order valence-electron chi connectivity index (χ0n) is 11.8. The second kappa shape index (κ2) is 6.95. The first-order valence-electron chi connectivity index (χ1n) is 7.00. The normalized spacial score (nSPS) is 19.8. The fourth-order valence-electron chi connectivity index (χ4n) is 2.57. The van der Waals surface area contributed by atoms with Crippen LogP contribution in [0.5, 0.6) is 0 Å². The van der Waals surface area contributed by atoms with Crippen LogP contribution in [0.4, 0.5) is 5.69 Å². The summed E-state index contributed by atoms with van der Waals surface area (Å²) in [6.45, 7) is 1.54. The largest absolute Gasteiger partial charge is 0.462 e. The molecule has 0 spiro atoms. The van der Waals surface area contributed by atoms with Crippen LogP contribution in [0.15, 0.2) is 18.2 Å². The van der Waals surface area contributed by atoms with Crippen LogP contribution in [0.3, 0.4) is 0 Å². The monoisotopic (exact) mass is 296 g/mol. The van der Waals surface area contributed by atoms with Gasteiger partial charge in [0.25, 0.3) is 0 Å². The van der Waals surface area contributed by atoms with E-state index < -0.39 is 5.97 Å². The van der Waals surface area contributed by atoms with Gasteiger partial charge in [0.15, 0.2) is 0 Å². The molecule has 2 rings (SSSR count). The van der Waals surface area contributed by atoms with Gasteiger partial charge < -0.3 is 15.4 Å². The Hall–Kier alpha value is -1.26. The molecule has 1 heterocycles. The van der Waals surface area contributed by atoms with Crippen molar-refractivity contribution in [3.8, 4) is 0 Å². The maximum Gasteiger partial charge on any atom is 0.339 e. The molecule has 5 heteroatoms. The summed E-state index contributed by atoms with van der Waals surface area (Å²) in [7, 11) is 2.13. The van der Waals surface area contributed by atoms with Gasteiger partial charge in [-0.3, -0.25) is 0 Å². The molecule has 1 saturated heterocycles. The van der Waals surface area contributed by atoms with Crippen LogP contribution < -0.4 is 5.73 Å². The first-order chi connectivity index (χ1) is 9.58. The molecule has 1 atom stereocenters. The van der Waals surface area contributed by atoms with E-state index in [-0.39, 0.29) is 0 Å². The fraction of sp³-hybridized carbons (Fsp3) is 0.533. The number of ether oxygens (including phenoxy) is 1. The van der Waals surface area contributed by atoms with Crippen LogP contribution in [0, 0.1) is 0 Å². The maximum absolute atomic E-state index is 12.0. The number of rotatable bonds is 4. The number of carbonyl (C=O) groups is 1. The molecule has 1 aromatic rings. The minimum atomic E-state index is -0.402. The molecular weight excluding hydrogens is 276 g/mol. The van der Waals surface area contributed by atoms with Gasteiger partial charge in [-0.25, -0.2) is 4.79 Å². The van der Waals surface area contributed by atoms with E-state index in [0.717, 1.165) is 13.0 Å². The van der Waals surface area contributed by atoms with E-state index in [1.165, 1.54) is 19.3 Å². The van der Waals surface area contributed by atoms with Gasteiger partial charge in [0, 0.05) is 11.7 Å². The minimum Gasteiger partial charge on any atom is -0.462 e. The van der Waals surface area contributed by atoms with E-state index in [1.807, 2.05) is 0 Å². The minimum absolute atomic E-state index is 0.337. The Morgan fingerprint density at radius 1 is 1.50 bits per heavy atom. The number of halogens is 1. The lowest BCUT2D eigenvalue weighted by Gasteiger charge is -2.32. The van der Waals surface area contributed by atoms with Gasteiger partial charge in [0.05, 0.1) is 17.2 Å². The second-order valence-electron chi connectivity index (χ2n) is 5.29. The summed E-state index contributed by atoms with van der Waals surface area (Å²) >= 11 is 5.98. The topological polar surface area (TPSA) is 55.6 Å². The summed E-state index contributed by atoms with van der Waals surface area (Å²) in [4.78, 5) is 14.3. The van der Waals surface area contributed by atoms with E-state index in [1.54, 1.807) is 18.2 Å². The molecule has 1 unspecified atom stereocenters. The Labute approximate surface area is 124 Å². The van der Waals surface area contributed by atoms with Gasteiger partial charge in [-0.05, 0) is 51.1 Å². The summed E-state index contributed by atoms with van der Waals surface area (Å²) in [5.74, 6) is -0.402. The van der Waals surface area contributed by atoms with E-state index in [2.05, 4.69) is 11.9 Å². The number of benzene rings is 1. The lowest BCUT2D eigenvalue weighted by molar-refractivity contribution is 0.0450. The highest BCUT2D eigenvalue weighted by Crippen LogP contribution is 2.21. The summed E-state index contributed by atoms with van der Waals surface area (Å²) in [6.07, 6.45) is 4.55. The van der Waals surface area contributed by atoms with Crippen molar-refractivity contribution in [2.24, 2.45) is 0 Å². The Balaban J connectivity index is 1.84. The third kappa shape index (κ3) is 3.87. The molecule has 1 aromatic carbocycles. The molecule has 0 aliphatic carbocycles. The van der Waals surface area contributed by atoms with Crippen molar-refractivity contribution >= 4 is 23.3 Å². The number of hydrogen-bond donors (Lipinski definition) is 1. The van der Waals surface area contributed by atoms with Crippen molar-refractivity contribution in [2.45, 2.75) is 31.7 Å². The van der Waals surface area contributed by atoms with Crippen molar-refractivity contribution < 1.29 is 9.53 Å². The van der Waals surface area contributed by atoms with E-state index in [9.17, 15) is 4.79 Å². The van der Waals surface area contributed by atoms with Crippen LogP contribution in [0.2, 0.25) is 5.02 Å². The number of nitrogens with two attached hydrogens (primary N) is 1. The molecule has 1 aliphatic heterocycles. The number of nitrogens with zero attached hydrogens (tertiary/aromatic N) is 1. The molecule has 0 bridgehead atoms. The fourth-order valence-corrected chi connectivity index (χ4v) is 2.77. The molecule has 110 valence electrons. The van der Waals surface area contributed by atoms with Gasteiger partial charge in [0.2, 0.25) is 0 Å². The van der Waals surface area contributed by atoms with E-state index >= 15 is 0 Å². The molecule has 0 amide bonds. The first kappa shape index (κ1) is 15.1. The zero-order valence-corrected chi connectivity index (χ0v) is 12.5. The predicted molar refractivity (Wildman–Crippen MR) is 81.0 cm³/mol. The Morgan fingerprint density at radius 2 is 2.30 bits per heavy atom. The summed E-state index contributed by atoms with van der Waals surface area (Å²) in [6, 6.07) is 5.34. The quantitative estimate of drug-likeness (QED) is 0.685. The molecule has 0 radical (unpaired) electrons. The highest BCUT2D eigenvalue weighted by atomic mass is 35.5. The Kier molecular flexibility index (Phi) is 5.26. The van der Waals surface area contributed by atoms with Crippen molar-refractivity contribution in [2.75, 3.05) is 25.9 Å². The van der Waals surface area contributed by atoms with Crippen LogP contribution in [-0.4, -0.2) is 37.1 Å². The van der Waals surface area contributed by atoms with Gasteiger partial charge in [0.1, 0.15) is 0 Å². The van der Waals surface area contributed by atoms with Crippen LogP contribution in [0.1, 0.15) is 36.0 Å². The number of likely N-dealkylation sites (tertiary alicyclic amines) is 1. The predicted octanol–water partition coefficient (Wildman–Crippen LogP) is 2.95. The number of nitrogen functional groups attached to an aromatic ring is 1. The summed E-state index contributed by atoms with van der Waals surface area (Å²) in [5.41, 5.74) is 6.50. The van der Waals surface area contributed by atoms with Crippen molar-refractivity contribution in [1.82, 2.24) is 4.90 Å². The van der Waals surface area contributed by atoms with Gasteiger partial charge >= 0.3 is 5.97 Å². The second-order valence-corrected chi connectivity index (χ2v) is 5.70. The van der Waals surface area contributed by atoms with Crippen molar-refractivity contribution in [3.05, 3.63) is 28.8 Å². The third-order valence-electron chi connectivity index (χ3n) is 3.82. The molecule has 1 fully saturated rings. The lowest BCUT2D eigenvalue weighted by Crippen LogP contribution is -2.37. The smallest absolute Gasteiger partial charge is 0.339 e. The molecule has 0 aromatic heterocycles. The average molecular weight is 297 g/mol. The maximum atomic E-state index is 12.0. The standard InChI is InChI=1S/C15H21ClN2O2/c1-18-8-3-2-4-12(18)7-9-20-15(19)13-10-11(17)5-6-14(13)16/h5-6,10,12H,2-4,7-9,17H2,1H3. The van der Waals surface area contributed by atoms with E-state index in [0.29, 0.717) is 28.9 Å². The number of piperidine rings is 1. The molecular formula is C15H21ClN2O2. The Bertz CT molecular complexity index is 479. The first-order valence-corrected chi connectivity index (χ1v) is 7.38. The van der Waals surface area contributed by atoms with Gasteiger partial charge in [-0.2, -0.15) is 0 Å². The zero-order chi connectivity index (χ0) is 14.5. The number of hydrogen-bond acceptors (Lipinski definition) is 4. The lowest BCUT2D eigenvalue weighted by atomic mass is 10.0. The van der Waals surface area contributed by atoms with Crippen LogP contribution >= 0.6 is 11.6 Å². The van der Waals surface area contributed by atoms with Crippen molar-refractivity contribution in [3.63, 3.8) is 0 Å². The number of esters is 1. The Morgan fingerprint density at radius 3 is 3.05 bits per heavy atom. The molecule has 20 heavy (non-hydrogen) atoms. The SMILES string of the molecule is CN1CCCCC1CCOC(=O)c1cc(N)ccc1Cl. The van der Waals surface area contributed by atoms with Crippen molar-refractivity contribution in [1.29, 1.82) is 0 Å². The van der Waals surface area contributed by atoms with E-state index in [4.69, 9.17) is 22.1 Å². The highest BCUT2D eigenvalue weighted by molar-refractivity contribution is 6.33. The number of carbonyl (C=O) groups excluding carboxylic acids is 1. The number of anilines is 1.